The summed E-state index contributed by atoms with van der Waals surface area (Å²) in [6.07, 6.45) is 0. The largest absolute Gasteiger partial charge is 0.497 e. The molecule has 8 heteroatoms. The summed E-state index contributed by atoms with van der Waals surface area (Å²) >= 11 is 0. The summed E-state index contributed by atoms with van der Waals surface area (Å²) in [6.45, 7) is 0. The Hall–Kier alpha value is -7.68. The van der Waals surface area contributed by atoms with Gasteiger partial charge in [-0.05, 0) is 83.9 Å². The second-order valence-corrected chi connectivity index (χ2v) is 12.2. The van der Waals surface area contributed by atoms with Gasteiger partial charge in [0.25, 0.3) is 0 Å². The maximum Gasteiger partial charge on any atom is 0.352 e. The van der Waals surface area contributed by atoms with Crippen molar-refractivity contribution in [2.45, 2.75) is 0 Å². The molecule has 0 saturated heterocycles. The van der Waals surface area contributed by atoms with Crippen LogP contribution in [0.5, 0.6) is 11.5 Å². The fourth-order valence-corrected chi connectivity index (χ4v) is 6.00. The van der Waals surface area contributed by atoms with E-state index in [1.54, 1.807) is 50.6 Å². The first kappa shape index (κ1) is 36.7. The van der Waals surface area contributed by atoms with Crippen LogP contribution in [0.4, 0.5) is 8.78 Å². The van der Waals surface area contributed by atoms with Gasteiger partial charge in [-0.25, -0.2) is 18.4 Å². The summed E-state index contributed by atoms with van der Waals surface area (Å²) in [7, 11) is 3.19. The zero-order valence-corrected chi connectivity index (χ0v) is 30.1. The average molecular weight is 741 g/mol. The molecule has 8 rings (SSSR count). The van der Waals surface area contributed by atoms with Gasteiger partial charge in [0.15, 0.2) is 0 Å². The Kier molecular flexibility index (Phi) is 10.8. The van der Waals surface area contributed by atoms with Crippen molar-refractivity contribution in [2.75, 3.05) is 14.2 Å². The predicted molar refractivity (Wildman–Crippen MR) is 214 cm³/mol. The summed E-state index contributed by atoms with van der Waals surface area (Å²) in [5, 5.41) is 1.26. The molecule has 6 nitrogen and oxygen atoms in total. The van der Waals surface area contributed by atoms with Gasteiger partial charge >= 0.3 is 11.3 Å². The molecule has 0 N–H and O–H groups in total. The molecule has 8 aromatic rings. The average Bonchev–Trinajstić information content (AvgIpc) is 3.23. The van der Waals surface area contributed by atoms with Gasteiger partial charge in [-0.3, -0.25) is 0 Å². The maximum absolute atomic E-state index is 13.6. The van der Waals surface area contributed by atoms with E-state index in [-0.39, 0.29) is 22.3 Å². The second-order valence-electron chi connectivity index (χ2n) is 12.2. The Bertz CT molecular complexity index is 2730. The highest BCUT2D eigenvalue weighted by Crippen LogP contribution is 2.32. The zero-order valence-electron chi connectivity index (χ0n) is 30.1. The number of hydrogen-bond donors (Lipinski definition) is 0. The van der Waals surface area contributed by atoms with E-state index >= 15 is 0 Å². The van der Waals surface area contributed by atoms with Crippen molar-refractivity contribution < 1.29 is 27.1 Å². The van der Waals surface area contributed by atoms with Crippen molar-refractivity contribution in [3.8, 4) is 57.4 Å². The number of fused-ring (bicyclic) bond motifs is 2. The lowest BCUT2D eigenvalue weighted by molar-refractivity contribution is 0.414. The molecule has 2 heterocycles. The third-order valence-corrected chi connectivity index (χ3v) is 8.71. The highest BCUT2D eigenvalue weighted by atomic mass is 19.1. The topological polar surface area (TPSA) is 78.9 Å². The molecule has 0 aliphatic rings. The number of methoxy groups -OCH3 is 2. The fourth-order valence-electron chi connectivity index (χ4n) is 6.00. The van der Waals surface area contributed by atoms with Crippen LogP contribution in [0.2, 0.25) is 0 Å². The zero-order chi connectivity index (χ0) is 39.0. The van der Waals surface area contributed by atoms with Gasteiger partial charge in [-0.15, -0.1) is 0 Å². The van der Waals surface area contributed by atoms with Crippen LogP contribution in [0.3, 0.4) is 0 Å². The monoisotopic (exact) mass is 740 g/mol. The predicted octanol–water partition coefficient (Wildman–Crippen LogP) is 10.0. The lowest BCUT2D eigenvalue weighted by Crippen LogP contribution is -2.07. The Morgan fingerprint density at radius 3 is 1.20 bits per heavy atom. The van der Waals surface area contributed by atoms with Crippen molar-refractivity contribution in [3.05, 3.63) is 200 Å². The van der Waals surface area contributed by atoms with Gasteiger partial charge in [0.2, 0.25) is 0 Å². The Morgan fingerprint density at radius 2 is 0.839 bits per heavy atom. The number of hydrogen-bond acceptors (Lipinski definition) is 6. The molecule has 0 atom stereocenters. The van der Waals surface area contributed by atoms with Crippen LogP contribution in [0.25, 0.3) is 44.2 Å². The minimum absolute atomic E-state index is 0.193. The molecular formula is C48H30F2O6. The normalized spacial score (nSPS) is 10.4. The van der Waals surface area contributed by atoms with E-state index in [1.807, 2.05) is 84.9 Å². The smallest absolute Gasteiger partial charge is 0.352 e. The van der Waals surface area contributed by atoms with E-state index in [9.17, 15) is 18.4 Å². The highest BCUT2D eigenvalue weighted by molar-refractivity contribution is 5.97. The van der Waals surface area contributed by atoms with E-state index in [4.69, 9.17) is 18.3 Å². The molecule has 56 heavy (non-hydrogen) atoms. The summed E-state index contributed by atoms with van der Waals surface area (Å²) in [6, 6.07) is 41.6. The molecule has 0 aliphatic carbocycles. The number of benzene rings is 6. The molecule has 0 amide bonds. The minimum Gasteiger partial charge on any atom is -0.497 e. The lowest BCUT2D eigenvalue weighted by Gasteiger charge is -2.08. The summed E-state index contributed by atoms with van der Waals surface area (Å²) in [5.41, 5.74) is 4.02. The van der Waals surface area contributed by atoms with Crippen LogP contribution >= 0.6 is 0 Å². The molecule has 0 unspecified atom stereocenters. The van der Waals surface area contributed by atoms with Crippen LogP contribution in [0, 0.1) is 35.3 Å². The third-order valence-electron chi connectivity index (χ3n) is 8.71. The van der Waals surface area contributed by atoms with E-state index in [0.29, 0.717) is 21.9 Å². The molecule has 0 saturated carbocycles. The minimum atomic E-state index is -0.599. The van der Waals surface area contributed by atoms with Crippen LogP contribution in [-0.2, 0) is 0 Å². The van der Waals surface area contributed by atoms with Crippen molar-refractivity contribution in [1.29, 1.82) is 0 Å². The molecule has 6 aromatic carbocycles. The molecular weight excluding hydrogens is 711 g/mol. The van der Waals surface area contributed by atoms with Crippen molar-refractivity contribution in [3.63, 3.8) is 0 Å². The Labute approximate surface area is 320 Å². The molecule has 0 bridgehead atoms. The summed E-state index contributed by atoms with van der Waals surface area (Å²) < 4.78 is 48.2. The van der Waals surface area contributed by atoms with E-state index in [2.05, 4.69) is 23.7 Å². The molecule has 2 aromatic heterocycles. The number of ether oxygens (including phenoxy) is 2. The van der Waals surface area contributed by atoms with Crippen molar-refractivity contribution in [2.24, 2.45) is 0 Å². The number of halogens is 2. The first-order valence-corrected chi connectivity index (χ1v) is 17.3. The molecule has 0 spiro atoms. The first-order chi connectivity index (χ1) is 27.3. The molecule has 0 fully saturated rings. The molecule has 272 valence electrons. The Balaban J connectivity index is 0.000000172. The van der Waals surface area contributed by atoms with E-state index in [0.717, 1.165) is 33.8 Å². The fraction of sp³-hybridized carbons (Fsp3) is 0.0417. The van der Waals surface area contributed by atoms with Crippen LogP contribution in [0.1, 0.15) is 22.3 Å². The first-order valence-electron chi connectivity index (χ1n) is 17.3. The van der Waals surface area contributed by atoms with Gasteiger partial charge < -0.3 is 18.3 Å². The summed E-state index contributed by atoms with van der Waals surface area (Å²) in [5.74, 6) is 12.4. The molecule has 0 aliphatic heterocycles. The molecule has 0 radical (unpaired) electrons. The maximum atomic E-state index is 13.6. The Morgan fingerprint density at radius 1 is 0.464 bits per heavy atom. The van der Waals surface area contributed by atoms with Crippen LogP contribution < -0.4 is 20.7 Å². The van der Waals surface area contributed by atoms with Crippen molar-refractivity contribution >= 4 is 21.9 Å². The highest BCUT2D eigenvalue weighted by Gasteiger charge is 2.17. The van der Waals surface area contributed by atoms with Gasteiger partial charge in [-0.1, -0.05) is 84.3 Å². The standard InChI is InChI=1S/2C24H15FO3/c2*1-27-19-11-7-16(8-12-19)9-13-21-23(17-5-3-2-4-6-17)20-14-10-18(25)15-22(20)28-24(21)26/h2*2-8,10-12,14-15H,1H3. The van der Waals surface area contributed by atoms with E-state index < -0.39 is 22.9 Å². The van der Waals surface area contributed by atoms with Gasteiger partial charge in [-0.2, -0.15) is 0 Å². The van der Waals surface area contributed by atoms with E-state index in [1.165, 1.54) is 24.3 Å². The lowest BCUT2D eigenvalue weighted by atomic mass is 9.97. The van der Waals surface area contributed by atoms with Gasteiger partial charge in [0, 0.05) is 45.2 Å². The van der Waals surface area contributed by atoms with Gasteiger partial charge in [0.1, 0.15) is 45.4 Å². The number of rotatable bonds is 4. The SMILES string of the molecule is COc1ccc(C#Cc2c(-c3ccccc3)c3ccc(F)cc3oc2=O)cc1.COc1ccc(C#Cc2c(-c3ccccc3)c3ccc(F)cc3oc2=O)cc1. The summed E-state index contributed by atoms with van der Waals surface area (Å²) in [4.78, 5) is 25.3. The van der Waals surface area contributed by atoms with Crippen LogP contribution in [-0.4, -0.2) is 14.2 Å². The second kappa shape index (κ2) is 16.6. The van der Waals surface area contributed by atoms with Crippen molar-refractivity contribution in [1.82, 2.24) is 0 Å². The quantitative estimate of drug-likeness (QED) is 0.132. The van der Waals surface area contributed by atoms with Crippen LogP contribution in [0.15, 0.2) is 164 Å². The van der Waals surface area contributed by atoms with Gasteiger partial charge in [0.05, 0.1) is 14.2 Å². The third kappa shape index (κ3) is 8.11.